The summed E-state index contributed by atoms with van der Waals surface area (Å²) >= 11 is 6.85. The number of fused-ring (bicyclic) bond motifs is 1. The van der Waals surface area contributed by atoms with Crippen molar-refractivity contribution >= 4 is 42.4 Å². The van der Waals surface area contributed by atoms with Gasteiger partial charge in [-0.25, -0.2) is 9.55 Å². The highest BCUT2D eigenvalue weighted by Crippen LogP contribution is 2.49. The predicted octanol–water partition coefficient (Wildman–Crippen LogP) is 4.12. The number of esters is 1. The third kappa shape index (κ3) is 7.11. The van der Waals surface area contributed by atoms with Gasteiger partial charge in [0.05, 0.1) is 19.5 Å². The number of nitrogen functional groups attached to an aromatic ring is 1. The van der Waals surface area contributed by atoms with Crippen LogP contribution in [0.2, 0.25) is 0 Å². The standard InChI is InChI=1S/C28H38ClN6O8P/c1-4-39-24-21-23(32-27(30)33-24)35(16-31-21)26-28(3,29)22(36)20(42-26)15-40-44(38,43-19-13-9-6-10-14-19)34-17(2)25(37)41-18-11-7-5-8-12-18/h6,9-10,13-14,16-18,20,22,26,36H,4-5,7-8,11-12,15H2,1-3H3,(H,34,38)(H2,30,32,33)/t17?,20-,22-,26-,28-,44?/m1/s1. The average Bonchev–Trinajstić information content (AvgIpc) is 3.50. The quantitative estimate of drug-likeness (QED) is 0.144. The van der Waals surface area contributed by atoms with E-state index in [1.807, 2.05) is 0 Å². The first-order chi connectivity index (χ1) is 21.0. The molecule has 0 bridgehead atoms. The van der Waals surface area contributed by atoms with Crippen LogP contribution in [0.5, 0.6) is 11.6 Å². The molecule has 2 fully saturated rings. The molecule has 0 spiro atoms. The van der Waals surface area contributed by atoms with Gasteiger partial charge in [0.15, 0.2) is 17.4 Å². The molecule has 2 aliphatic rings. The Labute approximate surface area is 260 Å². The van der Waals surface area contributed by atoms with Crippen LogP contribution in [0.4, 0.5) is 5.95 Å². The molecule has 1 saturated heterocycles. The van der Waals surface area contributed by atoms with Crippen molar-refractivity contribution in [2.24, 2.45) is 0 Å². The highest BCUT2D eigenvalue weighted by atomic mass is 35.5. The Kier molecular flexibility index (Phi) is 9.98. The predicted molar refractivity (Wildman–Crippen MR) is 161 cm³/mol. The highest BCUT2D eigenvalue weighted by Gasteiger charge is 2.54. The number of anilines is 1. The molecule has 1 saturated carbocycles. The summed E-state index contributed by atoms with van der Waals surface area (Å²) in [6, 6.07) is 7.37. The zero-order valence-corrected chi connectivity index (χ0v) is 26.4. The normalized spacial score (nSPS) is 26.2. The molecule has 44 heavy (non-hydrogen) atoms. The number of hydrogen-bond acceptors (Lipinski definition) is 12. The van der Waals surface area contributed by atoms with Crippen LogP contribution in [-0.4, -0.2) is 73.0 Å². The maximum absolute atomic E-state index is 14.0. The number of imidazole rings is 1. The third-order valence-electron chi connectivity index (χ3n) is 7.58. The van der Waals surface area contributed by atoms with E-state index in [4.69, 9.17) is 40.6 Å². The average molecular weight is 653 g/mol. The molecular weight excluding hydrogens is 615 g/mol. The Balaban J connectivity index is 1.33. The molecule has 0 radical (unpaired) electrons. The van der Waals surface area contributed by atoms with Crippen molar-refractivity contribution in [3.05, 3.63) is 36.7 Å². The van der Waals surface area contributed by atoms with Gasteiger partial charge in [-0.1, -0.05) is 24.6 Å². The van der Waals surface area contributed by atoms with Gasteiger partial charge in [0, 0.05) is 0 Å². The van der Waals surface area contributed by atoms with Gasteiger partial charge in [0.2, 0.25) is 11.8 Å². The van der Waals surface area contributed by atoms with Gasteiger partial charge < -0.3 is 29.6 Å². The SMILES string of the molecule is CCOc1nc(N)nc2c1ncn2[C@@H]1O[C@H](COP(=O)(NC(C)C(=O)OC2CCCCC2)Oc2ccccc2)[C@@H](O)[C@@]1(C)Cl. The van der Waals surface area contributed by atoms with Crippen molar-refractivity contribution < 1.29 is 37.7 Å². The summed E-state index contributed by atoms with van der Waals surface area (Å²) in [4.78, 5) is 24.2. The summed E-state index contributed by atoms with van der Waals surface area (Å²) in [6.45, 7) is 4.84. The maximum atomic E-state index is 14.0. The van der Waals surface area contributed by atoms with Crippen LogP contribution >= 0.6 is 19.3 Å². The highest BCUT2D eigenvalue weighted by molar-refractivity contribution is 7.52. The smallest absolute Gasteiger partial charge is 0.459 e. The van der Waals surface area contributed by atoms with E-state index in [1.165, 1.54) is 17.8 Å². The van der Waals surface area contributed by atoms with Crippen molar-refractivity contribution in [2.45, 2.75) is 88.3 Å². The zero-order chi connectivity index (χ0) is 31.5. The van der Waals surface area contributed by atoms with Gasteiger partial charge in [-0.15, -0.1) is 11.6 Å². The molecule has 240 valence electrons. The van der Waals surface area contributed by atoms with E-state index in [0.717, 1.165) is 32.1 Å². The summed E-state index contributed by atoms with van der Waals surface area (Å²) in [5.74, 6) is -0.165. The molecular formula is C28H38ClN6O8P. The maximum Gasteiger partial charge on any atom is 0.459 e. The molecule has 0 amide bonds. The van der Waals surface area contributed by atoms with Gasteiger partial charge >= 0.3 is 13.7 Å². The first kappa shape index (κ1) is 32.4. The minimum Gasteiger partial charge on any atom is -0.476 e. The minimum atomic E-state index is -4.22. The summed E-state index contributed by atoms with van der Waals surface area (Å²) in [5.41, 5.74) is 6.53. The summed E-state index contributed by atoms with van der Waals surface area (Å²) in [5, 5.41) is 13.9. The van der Waals surface area contributed by atoms with Crippen molar-refractivity contribution in [1.29, 1.82) is 0 Å². The van der Waals surface area contributed by atoms with E-state index >= 15 is 0 Å². The Morgan fingerprint density at radius 2 is 2.00 bits per heavy atom. The third-order valence-corrected chi connectivity index (χ3v) is 9.63. The number of aromatic nitrogens is 4. The van der Waals surface area contributed by atoms with Crippen LogP contribution in [0.3, 0.4) is 0 Å². The van der Waals surface area contributed by atoms with Crippen LogP contribution in [0.25, 0.3) is 11.2 Å². The summed E-state index contributed by atoms with van der Waals surface area (Å²) < 4.78 is 44.5. The number of carbonyl (C=O) groups is 1. The van der Waals surface area contributed by atoms with E-state index < -0.39 is 49.7 Å². The molecule has 5 rings (SSSR count). The van der Waals surface area contributed by atoms with Crippen LogP contribution in [-0.2, 0) is 23.4 Å². The van der Waals surface area contributed by atoms with E-state index in [0.29, 0.717) is 12.1 Å². The number of halogens is 1. The second-order valence-electron chi connectivity index (χ2n) is 11.0. The van der Waals surface area contributed by atoms with Gasteiger partial charge in [-0.05, 0) is 58.6 Å². The van der Waals surface area contributed by atoms with E-state index in [2.05, 4.69) is 20.0 Å². The number of para-hydroxylation sites is 1. The number of alkyl halides is 1. The van der Waals surface area contributed by atoms with Crippen LogP contribution in [0.15, 0.2) is 36.7 Å². The van der Waals surface area contributed by atoms with Crippen LogP contribution in [0, 0.1) is 0 Å². The van der Waals surface area contributed by atoms with E-state index in [-0.39, 0.29) is 29.3 Å². The van der Waals surface area contributed by atoms with Gasteiger partial charge in [-0.2, -0.15) is 15.1 Å². The number of nitrogens with zero attached hydrogens (tertiary/aromatic N) is 4. The summed E-state index contributed by atoms with van der Waals surface area (Å²) in [6.07, 6.45) is 2.58. The fourth-order valence-corrected chi connectivity index (χ4v) is 7.09. The van der Waals surface area contributed by atoms with Crippen LogP contribution in [0.1, 0.15) is 59.1 Å². The molecule has 3 heterocycles. The topological polar surface area (TPSA) is 182 Å². The number of rotatable bonds is 12. The second kappa shape index (κ2) is 13.6. The van der Waals surface area contributed by atoms with Crippen molar-refractivity contribution in [3.63, 3.8) is 0 Å². The second-order valence-corrected chi connectivity index (χ2v) is 13.5. The van der Waals surface area contributed by atoms with E-state index in [9.17, 15) is 14.5 Å². The number of hydrogen-bond donors (Lipinski definition) is 3. The Bertz CT molecular complexity index is 1490. The lowest BCUT2D eigenvalue weighted by Crippen LogP contribution is -2.41. The molecule has 1 aliphatic carbocycles. The Morgan fingerprint density at radius 1 is 1.27 bits per heavy atom. The lowest BCUT2D eigenvalue weighted by atomic mass is 9.98. The first-order valence-electron chi connectivity index (χ1n) is 14.6. The fraction of sp³-hybridized carbons (Fsp3) is 0.571. The molecule has 14 nitrogen and oxygen atoms in total. The molecule has 1 aromatic carbocycles. The zero-order valence-electron chi connectivity index (χ0n) is 24.8. The Morgan fingerprint density at radius 3 is 2.70 bits per heavy atom. The van der Waals surface area contributed by atoms with Gasteiger partial charge in [0.25, 0.3) is 0 Å². The van der Waals surface area contributed by atoms with Gasteiger partial charge in [-0.3, -0.25) is 13.9 Å². The monoisotopic (exact) mass is 652 g/mol. The Hall–Kier alpha value is -3.00. The molecule has 1 aliphatic heterocycles. The molecule has 16 heteroatoms. The summed E-state index contributed by atoms with van der Waals surface area (Å²) in [7, 11) is -4.22. The van der Waals surface area contributed by atoms with Crippen molar-refractivity contribution in [3.8, 4) is 11.6 Å². The fourth-order valence-electron chi connectivity index (χ4n) is 5.29. The lowest BCUT2D eigenvalue weighted by molar-refractivity contribution is -0.152. The molecule has 3 aromatic rings. The number of aliphatic hydroxyl groups excluding tert-OH is 1. The first-order valence-corrected chi connectivity index (χ1v) is 16.6. The number of nitrogens with one attached hydrogen (secondary N) is 1. The largest absolute Gasteiger partial charge is 0.476 e. The van der Waals surface area contributed by atoms with E-state index in [1.54, 1.807) is 44.2 Å². The minimum absolute atomic E-state index is 0.0430. The number of benzene rings is 1. The number of carbonyl (C=O) groups excluding carboxylic acids is 1. The van der Waals surface area contributed by atoms with Crippen molar-refractivity contribution in [1.82, 2.24) is 24.6 Å². The molecule has 2 aromatic heterocycles. The van der Waals surface area contributed by atoms with Crippen LogP contribution < -0.4 is 20.1 Å². The number of ether oxygens (including phenoxy) is 3. The lowest BCUT2D eigenvalue weighted by Gasteiger charge is -2.27. The molecule has 2 unspecified atom stereocenters. The van der Waals surface area contributed by atoms with Crippen molar-refractivity contribution in [2.75, 3.05) is 18.9 Å². The number of aliphatic hydroxyl groups is 1. The number of nitrogens with two attached hydrogens (primary N) is 1. The van der Waals surface area contributed by atoms with Gasteiger partial charge in [0.1, 0.15) is 35.0 Å². The molecule has 4 N–H and O–H groups in total. The molecule has 6 atom stereocenters.